The van der Waals surface area contributed by atoms with Crippen LogP contribution in [0.4, 0.5) is 18.0 Å². The van der Waals surface area contributed by atoms with Gasteiger partial charge < -0.3 is 20.1 Å². The third-order valence-corrected chi connectivity index (χ3v) is 6.21. The third-order valence-electron chi connectivity index (χ3n) is 5.60. The van der Waals surface area contributed by atoms with Gasteiger partial charge in [0.25, 0.3) is 5.91 Å². The average molecular weight is 516 g/mol. The molecule has 1 fully saturated rings. The lowest BCUT2D eigenvalue weighted by molar-refractivity contribution is 0.0930. The number of aryl methyl sites for hydroxylation is 1. The van der Waals surface area contributed by atoms with Crippen LogP contribution in [0.3, 0.4) is 0 Å². The zero-order chi connectivity index (χ0) is 25.4. The summed E-state index contributed by atoms with van der Waals surface area (Å²) in [5.74, 6) is -4.54. The Bertz CT molecular complexity index is 1030. The van der Waals surface area contributed by atoms with Gasteiger partial charge in [-0.2, -0.15) is 4.37 Å². The number of nitrogens with zero attached hydrogens (tertiary/aromatic N) is 2. The number of aliphatic hydroxyl groups excluding tert-OH is 1. The molecule has 0 spiro atoms. The van der Waals surface area contributed by atoms with Gasteiger partial charge in [-0.15, -0.1) is 0 Å². The number of nitrogens with one attached hydrogen (secondary N) is 3. The zero-order valence-electron chi connectivity index (χ0n) is 19.2. The highest BCUT2D eigenvalue weighted by atomic mass is 32.1. The molecule has 0 radical (unpaired) electrons. The number of carbonyl (C=O) groups excluding carboxylic acids is 2. The Kier molecular flexibility index (Phi) is 9.69. The van der Waals surface area contributed by atoms with Crippen molar-refractivity contribution in [2.24, 2.45) is 0 Å². The first kappa shape index (κ1) is 26.7. The summed E-state index contributed by atoms with van der Waals surface area (Å²) in [6.07, 6.45) is 2.81. The number of ether oxygens (including phenoxy) is 1. The molecule has 0 saturated carbocycles. The molecule has 192 valence electrons. The SMILES string of the molecule is Cc1cc(F)c(COc2nscc2C(=O)NNC(=O)NCCC(O)CCN2CCCC2)c(F)c1F. The van der Waals surface area contributed by atoms with Gasteiger partial charge in [0.1, 0.15) is 18.0 Å². The van der Waals surface area contributed by atoms with Gasteiger partial charge in [-0.05, 0) is 68.9 Å². The van der Waals surface area contributed by atoms with Crippen molar-refractivity contribution in [1.29, 1.82) is 0 Å². The van der Waals surface area contributed by atoms with Crippen LogP contribution in [-0.2, 0) is 6.61 Å². The van der Waals surface area contributed by atoms with E-state index < -0.39 is 47.7 Å². The fourth-order valence-corrected chi connectivity index (χ4v) is 4.18. The number of benzene rings is 1. The number of aromatic nitrogens is 1. The number of carbonyl (C=O) groups is 2. The lowest BCUT2D eigenvalue weighted by atomic mass is 10.1. The molecule has 1 aliphatic heterocycles. The summed E-state index contributed by atoms with van der Waals surface area (Å²) in [4.78, 5) is 26.5. The molecular weight excluding hydrogens is 487 g/mol. The molecule has 1 aromatic heterocycles. The number of rotatable bonds is 10. The van der Waals surface area contributed by atoms with Gasteiger partial charge in [-0.3, -0.25) is 10.2 Å². The van der Waals surface area contributed by atoms with E-state index >= 15 is 0 Å². The van der Waals surface area contributed by atoms with Crippen molar-refractivity contribution in [3.63, 3.8) is 0 Å². The Hall–Kier alpha value is -2.90. The molecular formula is C22H28F3N5O4S. The van der Waals surface area contributed by atoms with Crippen LogP contribution in [-0.4, -0.2) is 58.6 Å². The van der Waals surface area contributed by atoms with Crippen LogP contribution < -0.4 is 20.9 Å². The Morgan fingerprint density at radius 3 is 2.69 bits per heavy atom. The van der Waals surface area contributed by atoms with Crippen LogP contribution >= 0.6 is 11.5 Å². The Morgan fingerprint density at radius 1 is 1.20 bits per heavy atom. The van der Waals surface area contributed by atoms with Gasteiger partial charge in [0.15, 0.2) is 11.6 Å². The summed E-state index contributed by atoms with van der Waals surface area (Å²) in [5.41, 5.74) is 3.44. The summed E-state index contributed by atoms with van der Waals surface area (Å²) < 4.78 is 50.8. The highest BCUT2D eigenvalue weighted by molar-refractivity contribution is 7.04. The van der Waals surface area contributed by atoms with E-state index in [1.165, 1.54) is 25.1 Å². The zero-order valence-corrected chi connectivity index (χ0v) is 20.0. The summed E-state index contributed by atoms with van der Waals surface area (Å²) in [5, 5.41) is 13.9. The van der Waals surface area contributed by atoms with E-state index in [2.05, 4.69) is 25.4 Å². The van der Waals surface area contributed by atoms with Crippen molar-refractivity contribution < 1.29 is 32.6 Å². The van der Waals surface area contributed by atoms with Crippen LogP contribution in [0.2, 0.25) is 0 Å². The predicted octanol–water partition coefficient (Wildman–Crippen LogP) is 2.63. The topological polar surface area (TPSA) is 116 Å². The van der Waals surface area contributed by atoms with Crippen LogP contribution in [0, 0.1) is 24.4 Å². The second-order valence-electron chi connectivity index (χ2n) is 8.22. The van der Waals surface area contributed by atoms with E-state index in [1.807, 2.05) is 0 Å². The highest BCUT2D eigenvalue weighted by Crippen LogP contribution is 2.24. The van der Waals surface area contributed by atoms with Crippen molar-refractivity contribution in [2.45, 2.75) is 45.3 Å². The normalized spacial score (nSPS) is 14.5. The maximum atomic E-state index is 14.0. The number of hydrogen-bond acceptors (Lipinski definition) is 7. The number of hydrogen-bond donors (Lipinski definition) is 4. The van der Waals surface area contributed by atoms with Gasteiger partial charge in [0, 0.05) is 18.5 Å². The maximum Gasteiger partial charge on any atom is 0.333 e. The molecule has 3 amide bonds. The molecule has 0 bridgehead atoms. The Morgan fingerprint density at radius 2 is 1.94 bits per heavy atom. The summed E-state index contributed by atoms with van der Waals surface area (Å²) in [6, 6.07) is 0.163. The molecule has 0 aliphatic carbocycles. The molecule has 1 unspecified atom stereocenters. The fraction of sp³-hybridized carbons (Fsp3) is 0.500. The molecule has 4 N–H and O–H groups in total. The van der Waals surface area contributed by atoms with Crippen molar-refractivity contribution in [3.8, 4) is 5.88 Å². The highest BCUT2D eigenvalue weighted by Gasteiger charge is 2.21. The van der Waals surface area contributed by atoms with Crippen LogP contribution in [0.15, 0.2) is 11.4 Å². The fourth-order valence-electron chi connectivity index (χ4n) is 3.56. The minimum atomic E-state index is -1.37. The maximum absolute atomic E-state index is 14.0. The van der Waals surface area contributed by atoms with Crippen molar-refractivity contribution in [2.75, 3.05) is 26.2 Å². The number of urea groups is 1. The lowest BCUT2D eigenvalue weighted by Crippen LogP contribution is -2.47. The molecule has 13 heteroatoms. The number of amides is 3. The van der Waals surface area contributed by atoms with E-state index in [-0.39, 0.29) is 23.6 Å². The molecule has 1 atom stereocenters. The van der Waals surface area contributed by atoms with Crippen LogP contribution in [0.25, 0.3) is 0 Å². The van der Waals surface area contributed by atoms with Crippen molar-refractivity contribution in [3.05, 3.63) is 45.6 Å². The van der Waals surface area contributed by atoms with Gasteiger partial charge >= 0.3 is 6.03 Å². The molecule has 35 heavy (non-hydrogen) atoms. The summed E-state index contributed by atoms with van der Waals surface area (Å²) >= 11 is 0.852. The monoisotopic (exact) mass is 515 g/mol. The summed E-state index contributed by atoms with van der Waals surface area (Å²) in [7, 11) is 0. The van der Waals surface area contributed by atoms with Gasteiger partial charge in [0.2, 0.25) is 5.88 Å². The van der Waals surface area contributed by atoms with E-state index in [9.17, 15) is 27.9 Å². The number of aliphatic hydroxyl groups is 1. The molecule has 9 nitrogen and oxygen atoms in total. The van der Waals surface area contributed by atoms with E-state index in [0.717, 1.165) is 37.2 Å². The van der Waals surface area contributed by atoms with Crippen molar-refractivity contribution in [1.82, 2.24) is 25.4 Å². The van der Waals surface area contributed by atoms with Gasteiger partial charge in [-0.25, -0.2) is 23.4 Å². The second-order valence-corrected chi connectivity index (χ2v) is 8.85. The molecule has 2 aromatic rings. The third kappa shape index (κ3) is 7.54. The first-order chi connectivity index (χ1) is 16.8. The van der Waals surface area contributed by atoms with E-state index in [1.54, 1.807) is 0 Å². The van der Waals surface area contributed by atoms with E-state index in [0.29, 0.717) is 12.8 Å². The number of halogens is 3. The average Bonchev–Trinajstić information content (AvgIpc) is 3.52. The van der Waals surface area contributed by atoms with Crippen LogP contribution in [0.5, 0.6) is 5.88 Å². The van der Waals surface area contributed by atoms with Gasteiger partial charge in [-0.1, -0.05) is 0 Å². The molecule has 1 saturated heterocycles. The molecule has 1 aliphatic rings. The smallest absolute Gasteiger partial charge is 0.333 e. The van der Waals surface area contributed by atoms with Crippen LogP contribution in [0.1, 0.15) is 47.2 Å². The Balaban J connectivity index is 1.40. The number of hydrazine groups is 1. The quantitative estimate of drug-likeness (QED) is 0.286. The standard InChI is InChI=1S/C22H28F3N5O4S/c1-13-10-17(23)15(19(25)18(13)24)11-34-21-16(12-35-29-21)20(32)27-28-22(33)26-6-4-14(31)5-9-30-7-2-3-8-30/h10,12,14,31H,2-9,11H2,1H3,(H,27,32)(H2,26,28,33). The molecule has 2 heterocycles. The van der Waals surface area contributed by atoms with Gasteiger partial charge in [0.05, 0.1) is 11.7 Å². The molecule has 3 rings (SSSR count). The largest absolute Gasteiger partial charge is 0.471 e. The first-order valence-corrected chi connectivity index (χ1v) is 12.0. The minimum Gasteiger partial charge on any atom is -0.471 e. The number of likely N-dealkylation sites (tertiary alicyclic amines) is 1. The molecule has 1 aromatic carbocycles. The second kappa shape index (κ2) is 12.7. The first-order valence-electron chi connectivity index (χ1n) is 11.2. The Labute approximate surface area is 204 Å². The minimum absolute atomic E-state index is 0.0824. The lowest BCUT2D eigenvalue weighted by Gasteiger charge is -2.17. The van der Waals surface area contributed by atoms with E-state index in [4.69, 9.17) is 4.74 Å². The predicted molar refractivity (Wildman–Crippen MR) is 122 cm³/mol. The summed E-state index contributed by atoms with van der Waals surface area (Å²) in [6.45, 7) is 3.68. The van der Waals surface area contributed by atoms with Crippen molar-refractivity contribution >= 4 is 23.5 Å².